The summed E-state index contributed by atoms with van der Waals surface area (Å²) < 4.78 is 0. The van der Waals surface area contributed by atoms with E-state index in [-0.39, 0.29) is 36.9 Å². The first-order valence-electron chi connectivity index (χ1n) is 6.26. The monoisotopic (exact) mass is 227 g/mol. The van der Waals surface area contributed by atoms with Gasteiger partial charge in [-0.3, -0.25) is 4.79 Å². The molecule has 1 heterocycles. The molecule has 0 aromatic heterocycles. The summed E-state index contributed by atoms with van der Waals surface area (Å²) >= 11 is 0. The molecule has 1 aliphatic carbocycles. The van der Waals surface area contributed by atoms with E-state index in [1.807, 2.05) is 4.90 Å². The van der Waals surface area contributed by atoms with Crippen LogP contribution in [0.2, 0.25) is 0 Å². The normalized spacial score (nSPS) is 31.2. The molecule has 2 N–H and O–H groups in total. The smallest absolute Gasteiger partial charge is 0.225 e. The maximum absolute atomic E-state index is 12.1. The van der Waals surface area contributed by atoms with Gasteiger partial charge in [-0.15, -0.1) is 0 Å². The first-order chi connectivity index (χ1) is 7.76. The summed E-state index contributed by atoms with van der Waals surface area (Å²) in [7, 11) is 0. The molecule has 16 heavy (non-hydrogen) atoms. The zero-order valence-corrected chi connectivity index (χ0v) is 9.64. The summed E-state index contributed by atoms with van der Waals surface area (Å²) in [4.78, 5) is 14.0. The number of hydrogen-bond donors (Lipinski definition) is 2. The number of carbonyl (C=O) groups excluding carboxylic acids is 1. The van der Waals surface area contributed by atoms with Gasteiger partial charge >= 0.3 is 0 Å². The van der Waals surface area contributed by atoms with E-state index in [0.29, 0.717) is 13.1 Å². The Morgan fingerprint density at radius 3 is 2.00 bits per heavy atom. The van der Waals surface area contributed by atoms with Gasteiger partial charge < -0.3 is 15.1 Å². The van der Waals surface area contributed by atoms with Crippen molar-refractivity contribution in [3.63, 3.8) is 0 Å². The first kappa shape index (κ1) is 11.9. The standard InChI is InChI=1S/C12H21NO3/c14-7-10-5-13(6-11(10)8-15)12(16)9-3-1-2-4-9/h9-11,14-15H,1-8H2/t10-,11-/m0/s1. The zero-order valence-electron chi connectivity index (χ0n) is 9.64. The number of rotatable bonds is 3. The van der Waals surface area contributed by atoms with Crippen molar-refractivity contribution in [1.82, 2.24) is 4.90 Å². The Hall–Kier alpha value is -0.610. The summed E-state index contributed by atoms with van der Waals surface area (Å²) in [6, 6.07) is 0. The highest BCUT2D eigenvalue weighted by Crippen LogP contribution is 2.30. The fourth-order valence-electron chi connectivity index (χ4n) is 2.96. The summed E-state index contributed by atoms with van der Waals surface area (Å²) in [5.74, 6) is 0.578. The number of carbonyl (C=O) groups is 1. The Bertz CT molecular complexity index is 239. The molecule has 1 saturated carbocycles. The van der Waals surface area contributed by atoms with Crippen molar-refractivity contribution in [2.75, 3.05) is 26.3 Å². The van der Waals surface area contributed by atoms with Crippen LogP contribution in [-0.2, 0) is 4.79 Å². The molecule has 4 heteroatoms. The lowest BCUT2D eigenvalue weighted by molar-refractivity contribution is -0.134. The minimum absolute atomic E-state index is 0.0651. The molecular formula is C12H21NO3. The maximum atomic E-state index is 12.1. The molecule has 0 radical (unpaired) electrons. The summed E-state index contributed by atoms with van der Waals surface area (Å²) in [6.45, 7) is 1.38. The average molecular weight is 227 g/mol. The van der Waals surface area contributed by atoms with Crippen LogP contribution in [0, 0.1) is 17.8 Å². The second-order valence-electron chi connectivity index (χ2n) is 5.11. The second kappa shape index (κ2) is 5.15. The van der Waals surface area contributed by atoms with E-state index in [1.54, 1.807) is 0 Å². The third-order valence-corrected chi connectivity index (χ3v) is 4.06. The molecule has 2 aliphatic rings. The third-order valence-electron chi connectivity index (χ3n) is 4.06. The molecule has 92 valence electrons. The number of amides is 1. The van der Waals surface area contributed by atoms with Gasteiger partial charge in [-0.05, 0) is 12.8 Å². The van der Waals surface area contributed by atoms with Gasteiger partial charge in [0.05, 0.1) is 0 Å². The lowest BCUT2D eigenvalue weighted by Gasteiger charge is -2.20. The molecule has 0 aromatic carbocycles. The number of aliphatic hydroxyl groups is 2. The molecular weight excluding hydrogens is 206 g/mol. The molecule has 0 spiro atoms. The van der Waals surface area contributed by atoms with Gasteiger partial charge in [0.2, 0.25) is 5.91 Å². The molecule has 0 aromatic rings. The van der Waals surface area contributed by atoms with E-state index < -0.39 is 0 Å². The van der Waals surface area contributed by atoms with Crippen molar-refractivity contribution in [1.29, 1.82) is 0 Å². The van der Waals surface area contributed by atoms with Crippen LogP contribution < -0.4 is 0 Å². The number of hydrogen-bond acceptors (Lipinski definition) is 3. The molecule has 2 atom stereocenters. The molecule has 1 aliphatic heterocycles. The number of aliphatic hydroxyl groups excluding tert-OH is 2. The van der Waals surface area contributed by atoms with Gasteiger partial charge in [-0.25, -0.2) is 0 Å². The Kier molecular flexibility index (Phi) is 3.82. The predicted octanol–water partition coefficient (Wildman–Crippen LogP) is 0.236. The highest BCUT2D eigenvalue weighted by Gasteiger charge is 2.37. The summed E-state index contributed by atoms with van der Waals surface area (Å²) in [6.07, 6.45) is 4.36. The molecule has 1 saturated heterocycles. The van der Waals surface area contributed by atoms with Gasteiger partial charge in [0.15, 0.2) is 0 Å². The van der Waals surface area contributed by atoms with Crippen molar-refractivity contribution >= 4 is 5.91 Å². The Labute approximate surface area is 96.3 Å². The Morgan fingerprint density at radius 1 is 1.06 bits per heavy atom. The van der Waals surface area contributed by atoms with Crippen LogP contribution in [0.5, 0.6) is 0 Å². The Balaban J connectivity index is 1.93. The van der Waals surface area contributed by atoms with E-state index in [0.717, 1.165) is 25.7 Å². The second-order valence-corrected chi connectivity index (χ2v) is 5.11. The quantitative estimate of drug-likeness (QED) is 0.726. The topological polar surface area (TPSA) is 60.8 Å². The maximum Gasteiger partial charge on any atom is 0.225 e. The van der Waals surface area contributed by atoms with Crippen molar-refractivity contribution in [3.05, 3.63) is 0 Å². The minimum atomic E-state index is 0.0651. The SMILES string of the molecule is O=C(C1CCCC1)N1C[C@@H](CO)[C@H](CO)C1. The summed E-state index contributed by atoms with van der Waals surface area (Å²) in [5, 5.41) is 18.4. The lowest BCUT2D eigenvalue weighted by atomic mass is 9.98. The van der Waals surface area contributed by atoms with Gasteiger partial charge in [0.25, 0.3) is 0 Å². The van der Waals surface area contributed by atoms with Crippen LogP contribution in [0.25, 0.3) is 0 Å². The van der Waals surface area contributed by atoms with Crippen LogP contribution in [-0.4, -0.2) is 47.3 Å². The van der Waals surface area contributed by atoms with Gasteiger partial charge in [-0.1, -0.05) is 12.8 Å². The molecule has 0 unspecified atom stereocenters. The van der Waals surface area contributed by atoms with E-state index in [2.05, 4.69) is 0 Å². The fourth-order valence-corrected chi connectivity index (χ4v) is 2.96. The van der Waals surface area contributed by atoms with Crippen LogP contribution in [0.3, 0.4) is 0 Å². The van der Waals surface area contributed by atoms with Gasteiger partial charge in [0, 0.05) is 44.1 Å². The first-order valence-corrected chi connectivity index (χ1v) is 6.26. The molecule has 4 nitrogen and oxygen atoms in total. The number of likely N-dealkylation sites (tertiary alicyclic amines) is 1. The zero-order chi connectivity index (χ0) is 11.5. The largest absolute Gasteiger partial charge is 0.396 e. The number of nitrogens with zero attached hydrogens (tertiary/aromatic N) is 1. The van der Waals surface area contributed by atoms with Crippen LogP contribution in [0.15, 0.2) is 0 Å². The van der Waals surface area contributed by atoms with E-state index in [4.69, 9.17) is 0 Å². The minimum Gasteiger partial charge on any atom is -0.396 e. The average Bonchev–Trinajstić information content (AvgIpc) is 2.96. The molecule has 2 fully saturated rings. The van der Waals surface area contributed by atoms with E-state index in [9.17, 15) is 15.0 Å². The van der Waals surface area contributed by atoms with Crippen molar-refractivity contribution < 1.29 is 15.0 Å². The van der Waals surface area contributed by atoms with Crippen LogP contribution in [0.4, 0.5) is 0 Å². The van der Waals surface area contributed by atoms with E-state index in [1.165, 1.54) is 0 Å². The van der Waals surface area contributed by atoms with Crippen molar-refractivity contribution in [3.8, 4) is 0 Å². The highest BCUT2D eigenvalue weighted by molar-refractivity contribution is 5.79. The lowest BCUT2D eigenvalue weighted by Crippen LogP contribution is -2.34. The third kappa shape index (κ3) is 2.23. The van der Waals surface area contributed by atoms with Crippen LogP contribution >= 0.6 is 0 Å². The fraction of sp³-hybridized carbons (Fsp3) is 0.917. The van der Waals surface area contributed by atoms with Gasteiger partial charge in [0.1, 0.15) is 0 Å². The molecule has 0 bridgehead atoms. The van der Waals surface area contributed by atoms with Gasteiger partial charge in [-0.2, -0.15) is 0 Å². The van der Waals surface area contributed by atoms with Crippen LogP contribution in [0.1, 0.15) is 25.7 Å². The van der Waals surface area contributed by atoms with E-state index >= 15 is 0 Å². The summed E-state index contributed by atoms with van der Waals surface area (Å²) in [5.41, 5.74) is 0. The van der Waals surface area contributed by atoms with Crippen molar-refractivity contribution in [2.45, 2.75) is 25.7 Å². The molecule has 1 amide bonds. The van der Waals surface area contributed by atoms with Crippen molar-refractivity contribution in [2.24, 2.45) is 17.8 Å². The Morgan fingerprint density at radius 2 is 1.56 bits per heavy atom. The highest BCUT2D eigenvalue weighted by atomic mass is 16.3. The predicted molar refractivity (Wildman–Crippen MR) is 59.7 cm³/mol. The molecule has 2 rings (SSSR count).